The third-order valence-electron chi connectivity index (χ3n) is 5.09. The van der Waals surface area contributed by atoms with Crippen LogP contribution in [0.2, 0.25) is 0 Å². The van der Waals surface area contributed by atoms with Crippen LogP contribution in [-0.4, -0.2) is 9.55 Å². The molecule has 1 fully saturated rings. The Morgan fingerprint density at radius 3 is 2.55 bits per heavy atom. The largest absolute Gasteiger partial charge is 0.324 e. The van der Waals surface area contributed by atoms with Crippen LogP contribution in [0.4, 0.5) is 0 Å². The van der Waals surface area contributed by atoms with Crippen molar-refractivity contribution in [3.63, 3.8) is 0 Å². The predicted molar refractivity (Wildman–Crippen MR) is 90.1 cm³/mol. The standard InChI is InChI=1S/C18H25N3O/c1-11-9-13(12(2)19)15-14(10-11)16(22)21(4)17(20-15)18(3)7-5-6-8-18/h9-10,12H,5-8,19H2,1-4H3/t12-/m1/s1. The molecule has 118 valence electrons. The highest BCUT2D eigenvalue weighted by atomic mass is 16.1. The van der Waals surface area contributed by atoms with E-state index >= 15 is 0 Å². The summed E-state index contributed by atoms with van der Waals surface area (Å²) in [6.07, 6.45) is 4.60. The summed E-state index contributed by atoms with van der Waals surface area (Å²) in [5.41, 5.74) is 8.97. The van der Waals surface area contributed by atoms with Gasteiger partial charge in [-0.15, -0.1) is 0 Å². The van der Waals surface area contributed by atoms with Gasteiger partial charge in [0, 0.05) is 18.5 Å². The van der Waals surface area contributed by atoms with Gasteiger partial charge in [0.05, 0.1) is 10.9 Å². The maximum atomic E-state index is 12.9. The molecular formula is C18H25N3O. The minimum Gasteiger partial charge on any atom is -0.324 e. The average Bonchev–Trinajstić information content (AvgIpc) is 2.90. The van der Waals surface area contributed by atoms with E-state index < -0.39 is 0 Å². The predicted octanol–water partition coefficient (Wildman–Crippen LogP) is 3.09. The van der Waals surface area contributed by atoms with Crippen LogP contribution in [0, 0.1) is 6.92 Å². The third kappa shape index (κ3) is 2.26. The van der Waals surface area contributed by atoms with Gasteiger partial charge in [-0.25, -0.2) is 4.98 Å². The molecule has 22 heavy (non-hydrogen) atoms. The lowest BCUT2D eigenvalue weighted by Gasteiger charge is -2.26. The molecule has 1 atom stereocenters. The molecule has 0 amide bonds. The number of hydrogen-bond acceptors (Lipinski definition) is 3. The van der Waals surface area contributed by atoms with Crippen molar-refractivity contribution in [2.24, 2.45) is 12.8 Å². The Morgan fingerprint density at radius 2 is 1.95 bits per heavy atom. The van der Waals surface area contributed by atoms with Gasteiger partial charge in [-0.05, 0) is 43.9 Å². The van der Waals surface area contributed by atoms with Gasteiger partial charge in [-0.1, -0.05) is 25.8 Å². The van der Waals surface area contributed by atoms with Crippen LogP contribution in [0.3, 0.4) is 0 Å². The molecule has 4 nitrogen and oxygen atoms in total. The van der Waals surface area contributed by atoms with Gasteiger partial charge < -0.3 is 5.73 Å². The average molecular weight is 299 g/mol. The summed E-state index contributed by atoms with van der Waals surface area (Å²) < 4.78 is 1.75. The summed E-state index contributed by atoms with van der Waals surface area (Å²) in [5, 5.41) is 0.681. The lowest BCUT2D eigenvalue weighted by molar-refractivity contribution is 0.435. The van der Waals surface area contributed by atoms with Gasteiger partial charge in [-0.2, -0.15) is 0 Å². The lowest BCUT2D eigenvalue weighted by atomic mass is 9.87. The molecule has 2 aromatic rings. The number of nitrogens with zero attached hydrogens (tertiary/aromatic N) is 2. The van der Waals surface area contributed by atoms with Crippen molar-refractivity contribution < 1.29 is 0 Å². The molecule has 0 aliphatic heterocycles. The number of hydrogen-bond donors (Lipinski definition) is 1. The number of fused-ring (bicyclic) bond motifs is 1. The van der Waals surface area contributed by atoms with Gasteiger partial charge in [0.2, 0.25) is 0 Å². The van der Waals surface area contributed by atoms with E-state index in [2.05, 4.69) is 13.0 Å². The molecular weight excluding hydrogens is 274 g/mol. The smallest absolute Gasteiger partial charge is 0.261 e. The highest BCUT2D eigenvalue weighted by Gasteiger charge is 2.34. The second-order valence-corrected chi connectivity index (χ2v) is 7.11. The lowest BCUT2D eigenvalue weighted by Crippen LogP contribution is -2.32. The fraction of sp³-hybridized carbons (Fsp3) is 0.556. The summed E-state index contributed by atoms with van der Waals surface area (Å²) in [4.78, 5) is 17.8. The van der Waals surface area contributed by atoms with E-state index in [0.717, 1.165) is 35.3 Å². The zero-order chi connectivity index (χ0) is 16.1. The first-order valence-corrected chi connectivity index (χ1v) is 8.11. The normalized spacial score (nSPS) is 18.8. The van der Waals surface area contributed by atoms with Gasteiger partial charge in [0.15, 0.2) is 0 Å². The van der Waals surface area contributed by atoms with Crippen molar-refractivity contribution in [3.05, 3.63) is 39.4 Å². The van der Waals surface area contributed by atoms with Crippen LogP contribution in [0.5, 0.6) is 0 Å². The maximum absolute atomic E-state index is 12.9. The maximum Gasteiger partial charge on any atom is 0.261 e. The first-order chi connectivity index (χ1) is 10.3. The van der Waals surface area contributed by atoms with E-state index in [-0.39, 0.29) is 17.0 Å². The first kappa shape index (κ1) is 15.2. The molecule has 4 heteroatoms. The van der Waals surface area contributed by atoms with Crippen molar-refractivity contribution >= 4 is 10.9 Å². The number of rotatable bonds is 2. The molecule has 0 bridgehead atoms. The summed E-state index contributed by atoms with van der Waals surface area (Å²) in [5.74, 6) is 0.910. The SMILES string of the molecule is Cc1cc([C@@H](C)N)c2nc(C3(C)CCCC3)n(C)c(=O)c2c1. The van der Waals surface area contributed by atoms with E-state index in [1.165, 1.54) is 12.8 Å². The Labute approximate surface area is 131 Å². The van der Waals surface area contributed by atoms with Crippen molar-refractivity contribution in [3.8, 4) is 0 Å². The Balaban J connectivity index is 2.37. The Morgan fingerprint density at radius 1 is 1.32 bits per heavy atom. The minimum atomic E-state index is -0.133. The summed E-state index contributed by atoms with van der Waals surface area (Å²) in [6.45, 7) is 6.18. The highest BCUT2D eigenvalue weighted by molar-refractivity contribution is 5.82. The second-order valence-electron chi connectivity index (χ2n) is 7.11. The molecule has 1 aliphatic carbocycles. The van der Waals surface area contributed by atoms with Crippen LogP contribution in [0.1, 0.15) is 62.5 Å². The van der Waals surface area contributed by atoms with Gasteiger partial charge in [0.1, 0.15) is 5.82 Å². The van der Waals surface area contributed by atoms with Gasteiger partial charge in [-0.3, -0.25) is 9.36 Å². The van der Waals surface area contributed by atoms with Gasteiger partial charge >= 0.3 is 0 Å². The van der Waals surface area contributed by atoms with Crippen molar-refractivity contribution in [2.75, 3.05) is 0 Å². The quantitative estimate of drug-likeness (QED) is 0.927. The minimum absolute atomic E-state index is 0.00208. The van der Waals surface area contributed by atoms with E-state index in [9.17, 15) is 4.79 Å². The molecule has 0 unspecified atom stereocenters. The Kier molecular flexibility index (Phi) is 3.60. The van der Waals surface area contributed by atoms with Crippen molar-refractivity contribution in [1.82, 2.24) is 9.55 Å². The monoisotopic (exact) mass is 299 g/mol. The molecule has 0 spiro atoms. The summed E-state index contributed by atoms with van der Waals surface area (Å²) in [6, 6.07) is 3.85. The zero-order valence-corrected chi connectivity index (χ0v) is 13.9. The van der Waals surface area contributed by atoms with Crippen LogP contribution in [-0.2, 0) is 12.5 Å². The number of benzene rings is 1. The zero-order valence-electron chi connectivity index (χ0n) is 13.9. The van der Waals surface area contributed by atoms with E-state index in [0.29, 0.717) is 5.39 Å². The summed E-state index contributed by atoms with van der Waals surface area (Å²) >= 11 is 0. The van der Waals surface area contributed by atoms with Crippen LogP contribution >= 0.6 is 0 Å². The second kappa shape index (κ2) is 5.20. The molecule has 0 saturated heterocycles. The molecule has 1 aliphatic rings. The molecule has 0 radical (unpaired) electrons. The number of nitrogens with two attached hydrogens (primary N) is 1. The third-order valence-corrected chi connectivity index (χ3v) is 5.09. The van der Waals surface area contributed by atoms with Crippen LogP contribution in [0.15, 0.2) is 16.9 Å². The Hall–Kier alpha value is -1.68. The summed E-state index contributed by atoms with van der Waals surface area (Å²) in [7, 11) is 1.85. The van der Waals surface area contributed by atoms with E-state index in [1.807, 2.05) is 27.0 Å². The molecule has 3 rings (SSSR count). The van der Waals surface area contributed by atoms with Crippen molar-refractivity contribution in [2.45, 2.75) is 57.9 Å². The number of aromatic nitrogens is 2. The molecule has 1 aromatic carbocycles. The topological polar surface area (TPSA) is 60.9 Å². The molecule has 1 aromatic heterocycles. The highest BCUT2D eigenvalue weighted by Crippen LogP contribution is 2.39. The van der Waals surface area contributed by atoms with E-state index in [4.69, 9.17) is 10.7 Å². The van der Waals surface area contributed by atoms with Gasteiger partial charge in [0.25, 0.3) is 5.56 Å². The number of aryl methyl sites for hydroxylation is 1. The fourth-order valence-electron chi connectivity index (χ4n) is 3.82. The van der Waals surface area contributed by atoms with E-state index in [1.54, 1.807) is 4.57 Å². The molecule has 2 N–H and O–H groups in total. The van der Waals surface area contributed by atoms with Crippen LogP contribution < -0.4 is 11.3 Å². The van der Waals surface area contributed by atoms with Crippen LogP contribution in [0.25, 0.3) is 10.9 Å². The molecule has 1 saturated carbocycles. The first-order valence-electron chi connectivity index (χ1n) is 8.11. The molecule has 1 heterocycles. The Bertz CT molecular complexity index is 783. The fourth-order valence-corrected chi connectivity index (χ4v) is 3.82. The van der Waals surface area contributed by atoms with Crippen molar-refractivity contribution in [1.29, 1.82) is 0 Å².